The molecule has 1 aliphatic carbocycles. The van der Waals surface area contributed by atoms with Crippen LogP contribution in [0.3, 0.4) is 0 Å². The lowest BCUT2D eigenvalue weighted by Gasteiger charge is -2.09. The Morgan fingerprint density at radius 1 is 1.57 bits per heavy atom. The second-order valence-electron chi connectivity index (χ2n) is 3.80. The maximum absolute atomic E-state index is 8.75. The van der Waals surface area contributed by atoms with E-state index in [1.54, 1.807) is 6.20 Å². The zero-order valence-electron chi connectivity index (χ0n) is 8.08. The first-order chi connectivity index (χ1) is 6.90. The van der Waals surface area contributed by atoms with Gasteiger partial charge in [-0.05, 0) is 18.8 Å². The number of anilines is 1. The van der Waals surface area contributed by atoms with Crippen LogP contribution in [0.25, 0.3) is 0 Å². The molecule has 74 valence electrons. The molecule has 1 aromatic heterocycles. The largest absolute Gasteiger partial charge is 0.369 e. The fourth-order valence-electron chi connectivity index (χ4n) is 1.97. The van der Waals surface area contributed by atoms with Crippen molar-refractivity contribution < 1.29 is 0 Å². The maximum atomic E-state index is 8.75. The molecule has 0 amide bonds. The second kappa shape index (κ2) is 4.14. The molecule has 0 aliphatic heterocycles. The molecule has 1 saturated carbocycles. The summed E-state index contributed by atoms with van der Waals surface area (Å²) in [5.41, 5.74) is 0.600. The van der Waals surface area contributed by atoms with Crippen LogP contribution in [-0.4, -0.2) is 16.7 Å². The average molecular weight is 190 g/mol. The molecule has 0 saturated heterocycles. The van der Waals surface area contributed by atoms with Gasteiger partial charge in [0, 0.05) is 6.54 Å². The van der Waals surface area contributed by atoms with Gasteiger partial charge in [-0.25, -0.2) is 0 Å². The minimum atomic E-state index is 0.600. The van der Waals surface area contributed by atoms with Gasteiger partial charge >= 0.3 is 0 Å². The van der Waals surface area contributed by atoms with Crippen molar-refractivity contribution in [2.45, 2.75) is 25.7 Å². The summed E-state index contributed by atoms with van der Waals surface area (Å²) in [6, 6.07) is 2.09. The minimum Gasteiger partial charge on any atom is -0.369 e. The van der Waals surface area contributed by atoms with Gasteiger partial charge in [0.1, 0.15) is 17.5 Å². The predicted octanol–water partition coefficient (Wildman–Crippen LogP) is 1.88. The third-order valence-electron chi connectivity index (χ3n) is 2.80. The highest BCUT2D eigenvalue weighted by Crippen LogP contribution is 2.24. The first-order valence-electron chi connectivity index (χ1n) is 5.07. The molecular weight excluding hydrogens is 176 g/mol. The molecule has 0 bridgehead atoms. The van der Waals surface area contributed by atoms with E-state index >= 15 is 0 Å². The van der Waals surface area contributed by atoms with Crippen molar-refractivity contribution in [3.63, 3.8) is 0 Å². The van der Waals surface area contributed by atoms with Crippen molar-refractivity contribution >= 4 is 5.82 Å². The van der Waals surface area contributed by atoms with Gasteiger partial charge in [-0.1, -0.05) is 12.8 Å². The Labute approximate surface area is 83.3 Å². The van der Waals surface area contributed by atoms with Gasteiger partial charge in [-0.2, -0.15) is 10.4 Å². The molecule has 4 nitrogen and oxygen atoms in total. The van der Waals surface area contributed by atoms with Gasteiger partial charge in [-0.15, -0.1) is 0 Å². The van der Waals surface area contributed by atoms with Crippen molar-refractivity contribution in [3.8, 4) is 6.07 Å². The van der Waals surface area contributed by atoms with Crippen LogP contribution in [-0.2, 0) is 0 Å². The lowest BCUT2D eigenvalue weighted by molar-refractivity contribution is 0.579. The summed E-state index contributed by atoms with van der Waals surface area (Å²) in [7, 11) is 0. The summed E-state index contributed by atoms with van der Waals surface area (Å²) in [6.07, 6.45) is 6.86. The normalized spacial score (nSPS) is 16.8. The first kappa shape index (κ1) is 9.07. The Morgan fingerprint density at radius 3 is 3.07 bits per heavy atom. The van der Waals surface area contributed by atoms with Crippen LogP contribution >= 0.6 is 0 Å². The number of rotatable bonds is 3. The van der Waals surface area contributed by atoms with Crippen molar-refractivity contribution in [2.24, 2.45) is 5.92 Å². The predicted molar refractivity (Wildman–Crippen MR) is 53.8 cm³/mol. The first-order valence-corrected chi connectivity index (χ1v) is 5.07. The van der Waals surface area contributed by atoms with Crippen LogP contribution in [0.4, 0.5) is 5.82 Å². The fourth-order valence-corrected chi connectivity index (χ4v) is 1.97. The van der Waals surface area contributed by atoms with Crippen LogP contribution < -0.4 is 5.32 Å². The molecule has 0 aromatic carbocycles. The number of H-pyrrole nitrogens is 1. The second-order valence-corrected chi connectivity index (χ2v) is 3.80. The van der Waals surface area contributed by atoms with Gasteiger partial charge in [0.15, 0.2) is 0 Å². The number of hydrogen-bond donors (Lipinski definition) is 2. The fraction of sp³-hybridized carbons (Fsp3) is 0.600. The molecule has 2 rings (SSSR count). The van der Waals surface area contributed by atoms with Crippen molar-refractivity contribution in [3.05, 3.63) is 11.8 Å². The van der Waals surface area contributed by atoms with Crippen LogP contribution in [0.2, 0.25) is 0 Å². The van der Waals surface area contributed by atoms with Gasteiger partial charge in [-0.3, -0.25) is 5.10 Å². The number of hydrogen-bond acceptors (Lipinski definition) is 3. The third kappa shape index (κ3) is 1.87. The number of nitrogens with one attached hydrogen (secondary N) is 2. The minimum absolute atomic E-state index is 0.600. The van der Waals surface area contributed by atoms with Crippen LogP contribution in [0.1, 0.15) is 31.2 Å². The summed E-state index contributed by atoms with van der Waals surface area (Å²) in [6.45, 7) is 0.955. The SMILES string of the molecule is N#Cc1cn[nH]c1NCC1CCCC1. The molecule has 4 heteroatoms. The average Bonchev–Trinajstić information content (AvgIpc) is 2.85. The Hall–Kier alpha value is -1.50. The summed E-state index contributed by atoms with van der Waals surface area (Å²) in [5, 5.41) is 18.6. The van der Waals surface area contributed by atoms with E-state index in [4.69, 9.17) is 5.26 Å². The van der Waals surface area contributed by atoms with E-state index in [1.807, 2.05) is 0 Å². The maximum Gasteiger partial charge on any atom is 0.139 e. The van der Waals surface area contributed by atoms with Crippen molar-refractivity contribution in [1.29, 1.82) is 5.26 Å². The Bertz CT molecular complexity index is 330. The highest BCUT2D eigenvalue weighted by Gasteiger charge is 2.15. The topological polar surface area (TPSA) is 64.5 Å². The van der Waals surface area contributed by atoms with E-state index in [2.05, 4.69) is 21.6 Å². The zero-order valence-corrected chi connectivity index (χ0v) is 8.08. The molecule has 2 N–H and O–H groups in total. The number of aromatic amines is 1. The van der Waals surface area contributed by atoms with E-state index in [0.29, 0.717) is 5.56 Å². The van der Waals surface area contributed by atoms with Crippen LogP contribution in [0.15, 0.2) is 6.20 Å². The molecule has 14 heavy (non-hydrogen) atoms. The van der Waals surface area contributed by atoms with E-state index in [9.17, 15) is 0 Å². The smallest absolute Gasteiger partial charge is 0.139 e. The summed E-state index contributed by atoms with van der Waals surface area (Å²) in [5.74, 6) is 1.53. The molecule has 0 atom stereocenters. The monoisotopic (exact) mass is 190 g/mol. The number of nitriles is 1. The highest BCUT2D eigenvalue weighted by molar-refractivity contribution is 5.50. The molecule has 1 heterocycles. The number of aromatic nitrogens is 2. The van der Waals surface area contributed by atoms with E-state index in [1.165, 1.54) is 25.7 Å². The molecule has 0 radical (unpaired) electrons. The van der Waals surface area contributed by atoms with Gasteiger partial charge < -0.3 is 5.32 Å². The Morgan fingerprint density at radius 2 is 2.36 bits per heavy atom. The van der Waals surface area contributed by atoms with Crippen LogP contribution in [0.5, 0.6) is 0 Å². The third-order valence-corrected chi connectivity index (χ3v) is 2.80. The van der Waals surface area contributed by atoms with Gasteiger partial charge in [0.25, 0.3) is 0 Å². The molecule has 1 aromatic rings. The van der Waals surface area contributed by atoms with E-state index in [0.717, 1.165) is 18.3 Å². The molecule has 1 fully saturated rings. The Balaban J connectivity index is 1.88. The van der Waals surface area contributed by atoms with Crippen LogP contribution in [0, 0.1) is 17.2 Å². The quantitative estimate of drug-likeness (QED) is 0.764. The van der Waals surface area contributed by atoms with Crippen molar-refractivity contribution in [2.75, 3.05) is 11.9 Å². The zero-order chi connectivity index (χ0) is 9.80. The van der Waals surface area contributed by atoms with Gasteiger partial charge in [0.2, 0.25) is 0 Å². The summed E-state index contributed by atoms with van der Waals surface area (Å²) >= 11 is 0. The summed E-state index contributed by atoms with van der Waals surface area (Å²) in [4.78, 5) is 0. The molecular formula is C10H14N4. The van der Waals surface area contributed by atoms with Gasteiger partial charge in [0.05, 0.1) is 6.20 Å². The van der Waals surface area contributed by atoms with E-state index in [-0.39, 0.29) is 0 Å². The Kier molecular flexibility index (Phi) is 2.68. The van der Waals surface area contributed by atoms with E-state index < -0.39 is 0 Å². The van der Waals surface area contributed by atoms with Crippen molar-refractivity contribution in [1.82, 2.24) is 10.2 Å². The molecule has 1 aliphatic rings. The molecule has 0 unspecified atom stereocenters. The molecule has 0 spiro atoms. The number of nitrogens with zero attached hydrogens (tertiary/aromatic N) is 2. The summed E-state index contributed by atoms with van der Waals surface area (Å²) < 4.78 is 0. The lowest BCUT2D eigenvalue weighted by atomic mass is 10.1. The standard InChI is InChI=1S/C10H14N4/c11-5-9-7-13-14-10(9)12-6-8-3-1-2-4-8/h7-8H,1-4,6H2,(H2,12,13,14). The highest BCUT2D eigenvalue weighted by atomic mass is 15.2. The lowest BCUT2D eigenvalue weighted by Crippen LogP contribution is -2.11.